The summed E-state index contributed by atoms with van der Waals surface area (Å²) in [4.78, 5) is 36.3. The lowest BCUT2D eigenvalue weighted by atomic mass is 9.98. The Balaban J connectivity index is 1.39. The van der Waals surface area contributed by atoms with Crippen LogP contribution in [0.3, 0.4) is 0 Å². The van der Waals surface area contributed by atoms with E-state index in [4.69, 9.17) is 14.6 Å². The highest BCUT2D eigenvalue weighted by molar-refractivity contribution is 6.00. The van der Waals surface area contributed by atoms with Gasteiger partial charge in [-0.3, -0.25) is 4.79 Å². The van der Waals surface area contributed by atoms with Gasteiger partial charge in [0.2, 0.25) is 5.91 Å². The summed E-state index contributed by atoms with van der Waals surface area (Å²) in [6.07, 6.45) is -0.720. The van der Waals surface area contributed by atoms with Crippen molar-refractivity contribution in [2.24, 2.45) is 0 Å². The van der Waals surface area contributed by atoms with E-state index in [1.807, 2.05) is 36.4 Å². The smallest absolute Gasteiger partial charge is 0.408 e. The van der Waals surface area contributed by atoms with Gasteiger partial charge in [0, 0.05) is 5.92 Å². The van der Waals surface area contributed by atoms with Crippen LogP contribution in [0.2, 0.25) is 0 Å². The molecule has 8 heteroatoms. The summed E-state index contributed by atoms with van der Waals surface area (Å²) in [7, 11) is 0. The third-order valence-corrected chi connectivity index (χ3v) is 5.81. The Hall–Kier alpha value is -4.33. The zero-order valence-electron chi connectivity index (χ0n) is 19.4. The molecule has 0 saturated carbocycles. The topological polar surface area (TPSA) is 114 Å². The molecule has 0 bridgehead atoms. The van der Waals surface area contributed by atoms with E-state index in [2.05, 4.69) is 22.8 Å². The van der Waals surface area contributed by atoms with E-state index >= 15 is 0 Å². The molecule has 1 aliphatic carbocycles. The van der Waals surface area contributed by atoms with Crippen LogP contribution < -0.4 is 15.4 Å². The number of carboxylic acids is 1. The summed E-state index contributed by atoms with van der Waals surface area (Å²) < 4.78 is 10.8. The van der Waals surface area contributed by atoms with Crippen LogP contribution in [0.1, 0.15) is 30.9 Å². The number of anilines is 1. The zero-order valence-corrected chi connectivity index (χ0v) is 19.4. The number of benzene rings is 3. The van der Waals surface area contributed by atoms with Crippen LogP contribution >= 0.6 is 0 Å². The molecule has 0 saturated heterocycles. The Morgan fingerprint density at radius 3 is 2.09 bits per heavy atom. The van der Waals surface area contributed by atoms with Crippen molar-refractivity contribution in [1.82, 2.24) is 5.32 Å². The fraction of sp³-hybridized carbons (Fsp3) is 0.222. The first kappa shape index (κ1) is 23.8. The van der Waals surface area contributed by atoms with Crippen molar-refractivity contribution in [3.8, 4) is 16.9 Å². The average Bonchev–Trinajstić information content (AvgIpc) is 3.15. The fourth-order valence-corrected chi connectivity index (χ4v) is 4.06. The number of aliphatic carboxylic acids is 1. The number of amides is 2. The van der Waals surface area contributed by atoms with E-state index in [1.54, 1.807) is 38.1 Å². The summed E-state index contributed by atoms with van der Waals surface area (Å²) in [5, 5.41) is 14.1. The number of nitrogens with one attached hydrogen (secondary N) is 2. The second-order valence-electron chi connectivity index (χ2n) is 8.71. The van der Waals surface area contributed by atoms with E-state index in [9.17, 15) is 14.4 Å². The molecule has 0 spiro atoms. The predicted molar refractivity (Wildman–Crippen MR) is 130 cm³/mol. The van der Waals surface area contributed by atoms with Gasteiger partial charge in [-0.15, -0.1) is 0 Å². The second kappa shape index (κ2) is 9.89. The standard InChI is InChI=1S/C27H26N2O6/c1-27(2,25(32)28-22-13-7-8-14-23(22)34-16-24(30)31)29-26(33)35-15-21-19-11-5-3-9-17(19)18-10-4-6-12-20(18)21/h3-14,21H,15-16H2,1-2H3,(H,28,32)(H,29,33)(H,30,31). The van der Waals surface area contributed by atoms with Gasteiger partial charge in [-0.1, -0.05) is 60.7 Å². The number of hydrogen-bond acceptors (Lipinski definition) is 5. The molecule has 1 aliphatic rings. The minimum Gasteiger partial charge on any atom is -0.480 e. The molecular weight excluding hydrogens is 448 g/mol. The summed E-state index contributed by atoms with van der Waals surface area (Å²) in [6, 6.07) is 22.5. The molecule has 0 aliphatic heterocycles. The van der Waals surface area contributed by atoms with Crippen molar-refractivity contribution in [2.75, 3.05) is 18.5 Å². The normalized spacial score (nSPS) is 12.3. The van der Waals surface area contributed by atoms with E-state index in [1.165, 1.54) is 0 Å². The van der Waals surface area contributed by atoms with Crippen LogP contribution in [-0.4, -0.2) is 41.8 Å². The number of carbonyl (C=O) groups excluding carboxylic acids is 2. The van der Waals surface area contributed by atoms with Gasteiger partial charge >= 0.3 is 12.1 Å². The molecule has 3 aromatic carbocycles. The Morgan fingerprint density at radius 1 is 0.886 bits per heavy atom. The van der Waals surface area contributed by atoms with Crippen molar-refractivity contribution in [3.63, 3.8) is 0 Å². The molecule has 4 rings (SSSR count). The van der Waals surface area contributed by atoms with Crippen LogP contribution in [0.5, 0.6) is 5.75 Å². The lowest BCUT2D eigenvalue weighted by Gasteiger charge is -2.25. The molecule has 3 N–H and O–H groups in total. The Morgan fingerprint density at radius 2 is 1.46 bits per heavy atom. The first-order valence-corrected chi connectivity index (χ1v) is 11.1. The number of rotatable bonds is 8. The van der Waals surface area contributed by atoms with Crippen LogP contribution in [0.15, 0.2) is 72.8 Å². The first-order chi connectivity index (χ1) is 16.8. The zero-order chi connectivity index (χ0) is 25.0. The van der Waals surface area contributed by atoms with Gasteiger partial charge in [-0.2, -0.15) is 0 Å². The van der Waals surface area contributed by atoms with Crippen molar-refractivity contribution in [2.45, 2.75) is 25.3 Å². The summed E-state index contributed by atoms with van der Waals surface area (Å²) in [5.74, 6) is -1.54. The summed E-state index contributed by atoms with van der Waals surface area (Å²) in [6.45, 7) is 2.67. The van der Waals surface area contributed by atoms with Gasteiger partial charge in [0.25, 0.3) is 0 Å². The number of fused-ring (bicyclic) bond motifs is 3. The molecule has 0 atom stereocenters. The molecule has 180 valence electrons. The molecule has 0 heterocycles. The summed E-state index contributed by atoms with van der Waals surface area (Å²) in [5.41, 5.74) is 3.41. The van der Waals surface area contributed by atoms with Gasteiger partial charge in [0.15, 0.2) is 6.61 Å². The van der Waals surface area contributed by atoms with Gasteiger partial charge in [0.05, 0.1) is 5.69 Å². The van der Waals surface area contributed by atoms with Crippen LogP contribution in [0.4, 0.5) is 10.5 Å². The molecule has 0 aromatic heterocycles. The monoisotopic (exact) mass is 474 g/mol. The molecule has 35 heavy (non-hydrogen) atoms. The number of para-hydroxylation sites is 2. The fourth-order valence-electron chi connectivity index (χ4n) is 4.06. The van der Waals surface area contributed by atoms with Crippen LogP contribution in [0.25, 0.3) is 11.1 Å². The van der Waals surface area contributed by atoms with Gasteiger partial charge in [0.1, 0.15) is 17.9 Å². The molecule has 8 nitrogen and oxygen atoms in total. The lowest BCUT2D eigenvalue weighted by molar-refractivity contribution is -0.139. The minimum absolute atomic E-state index is 0.0941. The lowest BCUT2D eigenvalue weighted by Crippen LogP contribution is -2.52. The third-order valence-electron chi connectivity index (χ3n) is 5.81. The van der Waals surface area contributed by atoms with Crippen molar-refractivity contribution >= 4 is 23.7 Å². The molecule has 0 unspecified atom stereocenters. The minimum atomic E-state index is -1.32. The molecule has 2 amide bonds. The van der Waals surface area contributed by atoms with Crippen molar-refractivity contribution < 1.29 is 29.0 Å². The van der Waals surface area contributed by atoms with E-state index in [0.29, 0.717) is 5.69 Å². The Labute approximate surface area is 202 Å². The maximum absolute atomic E-state index is 12.9. The number of carbonyl (C=O) groups is 3. The first-order valence-electron chi connectivity index (χ1n) is 11.1. The largest absolute Gasteiger partial charge is 0.480 e. The van der Waals surface area contributed by atoms with E-state index < -0.39 is 30.1 Å². The number of carboxylic acid groups (broad SMARTS) is 1. The SMILES string of the molecule is CC(C)(NC(=O)OCC1c2ccccc2-c2ccccc21)C(=O)Nc1ccccc1OCC(=O)O. The number of alkyl carbamates (subject to hydrolysis) is 1. The number of ether oxygens (including phenoxy) is 2. The van der Waals surface area contributed by atoms with E-state index in [0.717, 1.165) is 22.3 Å². The average molecular weight is 475 g/mol. The Kier molecular flexibility index (Phi) is 6.73. The van der Waals surface area contributed by atoms with Gasteiger partial charge < -0.3 is 25.2 Å². The quantitative estimate of drug-likeness (QED) is 0.446. The van der Waals surface area contributed by atoms with Crippen molar-refractivity contribution in [1.29, 1.82) is 0 Å². The van der Waals surface area contributed by atoms with Crippen LogP contribution in [0, 0.1) is 0 Å². The highest BCUT2D eigenvalue weighted by Crippen LogP contribution is 2.44. The van der Waals surface area contributed by atoms with Crippen molar-refractivity contribution in [3.05, 3.63) is 83.9 Å². The highest BCUT2D eigenvalue weighted by atomic mass is 16.5. The molecular formula is C27H26N2O6. The second-order valence-corrected chi connectivity index (χ2v) is 8.71. The molecule has 3 aromatic rings. The van der Waals surface area contributed by atoms with Gasteiger partial charge in [-0.05, 0) is 48.2 Å². The molecule has 0 radical (unpaired) electrons. The maximum Gasteiger partial charge on any atom is 0.408 e. The number of hydrogen-bond donors (Lipinski definition) is 3. The van der Waals surface area contributed by atoms with E-state index in [-0.39, 0.29) is 18.3 Å². The summed E-state index contributed by atoms with van der Waals surface area (Å²) >= 11 is 0. The molecule has 0 fully saturated rings. The van der Waals surface area contributed by atoms with Gasteiger partial charge in [-0.25, -0.2) is 9.59 Å². The Bertz CT molecular complexity index is 1220. The maximum atomic E-state index is 12.9. The highest BCUT2D eigenvalue weighted by Gasteiger charge is 2.33. The van der Waals surface area contributed by atoms with Crippen LogP contribution in [-0.2, 0) is 14.3 Å². The third kappa shape index (κ3) is 5.27. The predicted octanol–water partition coefficient (Wildman–Crippen LogP) is 4.41.